The highest BCUT2D eigenvalue weighted by Crippen LogP contribution is 2.22. The Morgan fingerprint density at radius 2 is 2.23 bits per heavy atom. The van der Waals surface area contributed by atoms with Crippen LogP contribution in [0.15, 0.2) is 16.9 Å². The fourth-order valence-corrected chi connectivity index (χ4v) is 1.18. The maximum atomic E-state index is 11.1. The van der Waals surface area contributed by atoms with E-state index in [0.29, 0.717) is 15.9 Å². The van der Waals surface area contributed by atoms with Gasteiger partial charge in [-0.25, -0.2) is 9.78 Å². The van der Waals surface area contributed by atoms with E-state index < -0.39 is 5.97 Å². The average Bonchev–Trinajstić information content (AvgIpc) is 2.17. The minimum Gasteiger partial charge on any atom is -0.494 e. The van der Waals surface area contributed by atoms with Crippen molar-refractivity contribution in [3.63, 3.8) is 0 Å². The number of pyridine rings is 1. The van der Waals surface area contributed by atoms with Gasteiger partial charge in [-0.3, -0.25) is 0 Å². The zero-order chi connectivity index (χ0) is 9.84. The van der Waals surface area contributed by atoms with Gasteiger partial charge in [-0.2, -0.15) is 0 Å². The Morgan fingerprint density at radius 1 is 1.54 bits per heavy atom. The van der Waals surface area contributed by atoms with Crippen LogP contribution in [0, 0.1) is 0 Å². The quantitative estimate of drug-likeness (QED) is 0.587. The van der Waals surface area contributed by atoms with Crippen molar-refractivity contribution in [3.05, 3.63) is 22.4 Å². The van der Waals surface area contributed by atoms with E-state index in [1.807, 2.05) is 0 Å². The Kier molecular flexibility index (Phi) is 3.25. The van der Waals surface area contributed by atoms with Crippen molar-refractivity contribution in [2.45, 2.75) is 0 Å². The van der Waals surface area contributed by atoms with Gasteiger partial charge in [0.2, 0.25) is 0 Å². The highest BCUT2D eigenvalue weighted by Gasteiger charge is 2.09. The van der Waals surface area contributed by atoms with Gasteiger partial charge in [0.1, 0.15) is 4.60 Å². The number of carbonyl (C=O) groups is 1. The third kappa shape index (κ3) is 2.18. The summed E-state index contributed by atoms with van der Waals surface area (Å²) in [5.41, 5.74) is 0.363. The molecule has 4 nitrogen and oxygen atoms in total. The second kappa shape index (κ2) is 4.23. The summed E-state index contributed by atoms with van der Waals surface area (Å²) >= 11 is 3.17. The number of nitrogens with zero attached hydrogens (tertiary/aromatic N) is 1. The molecule has 0 atom stereocenters. The molecule has 0 unspecified atom stereocenters. The molecule has 0 aliphatic carbocycles. The van der Waals surface area contributed by atoms with Crippen molar-refractivity contribution in [3.8, 4) is 5.75 Å². The van der Waals surface area contributed by atoms with E-state index in [4.69, 9.17) is 4.74 Å². The summed E-state index contributed by atoms with van der Waals surface area (Å²) in [7, 11) is 2.82. The number of halogens is 1. The van der Waals surface area contributed by atoms with Crippen molar-refractivity contribution in [1.82, 2.24) is 4.98 Å². The van der Waals surface area contributed by atoms with Gasteiger partial charge in [-0.05, 0) is 22.0 Å². The van der Waals surface area contributed by atoms with Crippen molar-refractivity contribution in [2.24, 2.45) is 0 Å². The molecule has 0 fully saturated rings. The lowest BCUT2D eigenvalue weighted by Gasteiger charge is -2.03. The lowest BCUT2D eigenvalue weighted by atomic mass is 10.3. The van der Waals surface area contributed by atoms with Crippen LogP contribution in [0.25, 0.3) is 0 Å². The number of hydrogen-bond acceptors (Lipinski definition) is 4. The van der Waals surface area contributed by atoms with Crippen molar-refractivity contribution in [2.75, 3.05) is 14.2 Å². The lowest BCUT2D eigenvalue weighted by Crippen LogP contribution is -2.02. The monoisotopic (exact) mass is 245 g/mol. The maximum absolute atomic E-state index is 11.1. The van der Waals surface area contributed by atoms with Crippen LogP contribution in [-0.4, -0.2) is 25.2 Å². The van der Waals surface area contributed by atoms with Gasteiger partial charge in [-0.15, -0.1) is 0 Å². The first-order valence-corrected chi connectivity index (χ1v) is 4.26. The van der Waals surface area contributed by atoms with E-state index in [1.165, 1.54) is 20.4 Å². The van der Waals surface area contributed by atoms with Gasteiger partial charge in [0.25, 0.3) is 0 Å². The van der Waals surface area contributed by atoms with Crippen LogP contribution in [0.1, 0.15) is 10.4 Å². The van der Waals surface area contributed by atoms with E-state index in [1.54, 1.807) is 6.07 Å². The Morgan fingerprint density at radius 3 is 2.77 bits per heavy atom. The third-order valence-corrected chi connectivity index (χ3v) is 2.04. The lowest BCUT2D eigenvalue weighted by molar-refractivity contribution is 0.0600. The molecular formula is C8H8BrNO3. The molecule has 70 valence electrons. The average molecular weight is 246 g/mol. The van der Waals surface area contributed by atoms with E-state index >= 15 is 0 Å². The van der Waals surface area contributed by atoms with Crippen LogP contribution in [0.2, 0.25) is 0 Å². The predicted octanol–water partition coefficient (Wildman–Crippen LogP) is 1.64. The zero-order valence-electron chi connectivity index (χ0n) is 7.20. The SMILES string of the molecule is COC(=O)c1cnc(Br)c(OC)c1. The first-order chi connectivity index (χ1) is 6.19. The molecule has 0 spiro atoms. The molecule has 0 aromatic carbocycles. The van der Waals surface area contributed by atoms with Crippen molar-refractivity contribution in [1.29, 1.82) is 0 Å². The summed E-state index contributed by atoms with van der Waals surface area (Å²) in [6.45, 7) is 0. The van der Waals surface area contributed by atoms with Crippen LogP contribution >= 0.6 is 15.9 Å². The molecule has 1 aromatic rings. The summed E-state index contributed by atoms with van der Waals surface area (Å²) in [5.74, 6) is 0.0706. The molecular weight excluding hydrogens is 238 g/mol. The van der Waals surface area contributed by atoms with Crippen LogP contribution in [0.5, 0.6) is 5.75 Å². The molecule has 13 heavy (non-hydrogen) atoms. The van der Waals surface area contributed by atoms with E-state index in [0.717, 1.165) is 0 Å². The summed E-state index contributed by atoms with van der Waals surface area (Å²) in [4.78, 5) is 15.0. The third-order valence-electron chi connectivity index (χ3n) is 1.45. The van der Waals surface area contributed by atoms with Gasteiger partial charge < -0.3 is 9.47 Å². The maximum Gasteiger partial charge on any atom is 0.339 e. The number of carbonyl (C=O) groups excluding carboxylic acids is 1. The number of ether oxygens (including phenoxy) is 2. The fraction of sp³-hybridized carbons (Fsp3) is 0.250. The topological polar surface area (TPSA) is 48.4 Å². The van der Waals surface area contributed by atoms with E-state index in [-0.39, 0.29) is 0 Å². The van der Waals surface area contributed by atoms with E-state index in [9.17, 15) is 4.79 Å². The standard InChI is InChI=1S/C8H8BrNO3/c1-12-6-3-5(8(11)13-2)4-10-7(6)9/h3-4H,1-2H3. The first kappa shape index (κ1) is 9.98. The predicted molar refractivity (Wildman–Crippen MR) is 49.8 cm³/mol. The van der Waals surface area contributed by atoms with E-state index in [2.05, 4.69) is 25.7 Å². The first-order valence-electron chi connectivity index (χ1n) is 3.47. The Bertz CT molecular complexity index is 327. The van der Waals surface area contributed by atoms with Gasteiger partial charge in [-0.1, -0.05) is 0 Å². The van der Waals surface area contributed by atoms with Gasteiger partial charge in [0.15, 0.2) is 5.75 Å². The van der Waals surface area contributed by atoms with Crippen LogP contribution in [0.3, 0.4) is 0 Å². The van der Waals surface area contributed by atoms with Crippen molar-refractivity contribution >= 4 is 21.9 Å². The molecule has 1 aromatic heterocycles. The second-order valence-electron chi connectivity index (χ2n) is 2.21. The number of methoxy groups -OCH3 is 2. The molecule has 0 saturated carbocycles. The minimum absolute atomic E-state index is 0.363. The Hall–Kier alpha value is -1.10. The highest BCUT2D eigenvalue weighted by molar-refractivity contribution is 9.10. The minimum atomic E-state index is -0.432. The van der Waals surface area contributed by atoms with Crippen molar-refractivity contribution < 1.29 is 14.3 Å². The summed E-state index contributed by atoms with van der Waals surface area (Å²) in [5, 5.41) is 0. The van der Waals surface area contributed by atoms with Crippen LogP contribution in [-0.2, 0) is 4.74 Å². The molecule has 1 rings (SSSR count). The molecule has 0 radical (unpaired) electrons. The number of rotatable bonds is 2. The largest absolute Gasteiger partial charge is 0.494 e. The smallest absolute Gasteiger partial charge is 0.339 e. The normalized spacial score (nSPS) is 9.46. The fourth-order valence-electron chi connectivity index (χ4n) is 0.801. The summed E-state index contributed by atoms with van der Waals surface area (Å²) < 4.78 is 10.0. The summed E-state index contributed by atoms with van der Waals surface area (Å²) in [6.07, 6.45) is 1.42. The number of hydrogen-bond donors (Lipinski definition) is 0. The van der Waals surface area contributed by atoms with Crippen LogP contribution in [0.4, 0.5) is 0 Å². The zero-order valence-corrected chi connectivity index (χ0v) is 8.79. The summed E-state index contributed by atoms with van der Waals surface area (Å²) in [6, 6.07) is 1.56. The number of esters is 1. The van der Waals surface area contributed by atoms with Gasteiger partial charge in [0.05, 0.1) is 19.8 Å². The molecule has 0 bridgehead atoms. The molecule has 0 aliphatic heterocycles. The molecule has 0 aliphatic rings. The molecule has 0 amide bonds. The Balaban J connectivity index is 3.06. The van der Waals surface area contributed by atoms with Gasteiger partial charge in [0, 0.05) is 6.20 Å². The Labute approximate surface area is 84.0 Å². The molecule has 0 saturated heterocycles. The second-order valence-corrected chi connectivity index (χ2v) is 2.96. The molecule has 5 heteroatoms. The highest BCUT2D eigenvalue weighted by atomic mass is 79.9. The van der Waals surface area contributed by atoms with Gasteiger partial charge >= 0.3 is 5.97 Å². The molecule has 1 heterocycles. The number of aromatic nitrogens is 1. The van der Waals surface area contributed by atoms with Crippen LogP contribution < -0.4 is 4.74 Å². The molecule has 0 N–H and O–H groups in total.